The number of hydrogen-bond acceptors (Lipinski definition) is 5. The minimum atomic E-state index is -3.47. The summed E-state index contributed by atoms with van der Waals surface area (Å²) >= 11 is 0. The number of nitrogens with zero attached hydrogens (tertiary/aromatic N) is 4. The Bertz CT molecular complexity index is 491. The Balaban J connectivity index is 2.05. The summed E-state index contributed by atoms with van der Waals surface area (Å²) < 4.78 is 27.6. The molecule has 0 saturated carbocycles. The molecular weight excluding hydrogens is 256 g/mol. The van der Waals surface area contributed by atoms with Crippen LogP contribution in [0.25, 0.3) is 0 Å². The molecule has 1 fully saturated rings. The summed E-state index contributed by atoms with van der Waals surface area (Å²) in [6, 6.07) is 0. The Morgan fingerprint density at radius 1 is 1.33 bits per heavy atom. The van der Waals surface area contributed by atoms with Gasteiger partial charge in [0.2, 0.25) is 0 Å². The standard InChI is InChI=1S/C10H18N4O3S/c1-12-8-10(11-9-12)18(16,17)14-4-2-13(3-5-14)6-7-15/h8-9,15H,2-7H2,1H3. The molecule has 0 atom stereocenters. The van der Waals surface area contributed by atoms with E-state index in [-0.39, 0.29) is 11.6 Å². The number of piperazine rings is 1. The Morgan fingerprint density at radius 2 is 2.00 bits per heavy atom. The highest BCUT2D eigenvalue weighted by molar-refractivity contribution is 7.89. The molecule has 1 aromatic heterocycles. The summed E-state index contributed by atoms with van der Waals surface area (Å²) in [6.45, 7) is 2.88. The van der Waals surface area contributed by atoms with Crippen LogP contribution in [0.3, 0.4) is 0 Å². The number of β-amino-alcohol motifs (C(OH)–C–C–N with tert-alkyl or cyclic N) is 1. The number of sulfonamides is 1. The summed E-state index contributed by atoms with van der Waals surface area (Å²) in [5.41, 5.74) is 0. The smallest absolute Gasteiger partial charge is 0.262 e. The highest BCUT2D eigenvalue weighted by Gasteiger charge is 2.29. The largest absolute Gasteiger partial charge is 0.395 e. The quantitative estimate of drug-likeness (QED) is 0.740. The van der Waals surface area contributed by atoms with E-state index in [0.717, 1.165) is 0 Å². The third-order valence-electron chi connectivity index (χ3n) is 3.03. The summed E-state index contributed by atoms with van der Waals surface area (Å²) in [7, 11) is -1.73. The average Bonchev–Trinajstić information content (AvgIpc) is 2.78. The van der Waals surface area contributed by atoms with Gasteiger partial charge in [-0.05, 0) is 0 Å². The van der Waals surface area contributed by atoms with E-state index >= 15 is 0 Å². The predicted octanol–water partition coefficient (Wildman–Crippen LogP) is -1.28. The van der Waals surface area contributed by atoms with Gasteiger partial charge in [0.1, 0.15) is 0 Å². The van der Waals surface area contributed by atoms with Gasteiger partial charge in [-0.3, -0.25) is 4.90 Å². The Labute approximate surface area is 107 Å². The number of aliphatic hydroxyl groups is 1. The fourth-order valence-electron chi connectivity index (χ4n) is 1.99. The van der Waals surface area contributed by atoms with E-state index in [2.05, 4.69) is 4.98 Å². The first-order valence-corrected chi connectivity index (χ1v) is 7.29. The first kappa shape index (κ1) is 13.5. The van der Waals surface area contributed by atoms with Crippen LogP contribution in [-0.2, 0) is 17.1 Å². The first-order chi connectivity index (χ1) is 8.54. The van der Waals surface area contributed by atoms with Gasteiger partial charge in [0.05, 0.1) is 12.9 Å². The van der Waals surface area contributed by atoms with E-state index in [1.54, 1.807) is 11.6 Å². The van der Waals surface area contributed by atoms with E-state index in [1.807, 2.05) is 4.90 Å². The SMILES string of the molecule is Cn1cnc(S(=O)(=O)N2CCN(CCO)CC2)c1. The molecule has 0 bridgehead atoms. The van der Waals surface area contributed by atoms with Crippen molar-refractivity contribution < 1.29 is 13.5 Å². The van der Waals surface area contributed by atoms with Crippen molar-refractivity contribution in [3.8, 4) is 0 Å². The highest BCUT2D eigenvalue weighted by Crippen LogP contribution is 2.15. The van der Waals surface area contributed by atoms with Gasteiger partial charge in [-0.15, -0.1) is 0 Å². The van der Waals surface area contributed by atoms with Gasteiger partial charge < -0.3 is 9.67 Å². The summed E-state index contributed by atoms with van der Waals surface area (Å²) in [5, 5.41) is 8.94. The van der Waals surface area contributed by atoms with Gasteiger partial charge in [-0.1, -0.05) is 0 Å². The molecule has 102 valence electrons. The molecule has 18 heavy (non-hydrogen) atoms. The number of aryl methyl sites for hydroxylation is 1. The second kappa shape index (κ2) is 5.35. The van der Waals surface area contributed by atoms with Crippen LogP contribution in [0.4, 0.5) is 0 Å². The number of imidazole rings is 1. The molecule has 0 spiro atoms. The maximum atomic E-state index is 12.2. The summed E-state index contributed by atoms with van der Waals surface area (Å²) in [5.74, 6) is 0. The van der Waals surface area contributed by atoms with Gasteiger partial charge in [0.25, 0.3) is 10.0 Å². The zero-order chi connectivity index (χ0) is 13.2. The lowest BCUT2D eigenvalue weighted by atomic mass is 10.4. The second-order valence-electron chi connectivity index (χ2n) is 4.35. The predicted molar refractivity (Wildman–Crippen MR) is 65.5 cm³/mol. The molecule has 0 radical (unpaired) electrons. The van der Waals surface area contributed by atoms with E-state index < -0.39 is 10.0 Å². The van der Waals surface area contributed by atoms with Crippen molar-refractivity contribution in [1.29, 1.82) is 0 Å². The lowest BCUT2D eigenvalue weighted by Gasteiger charge is -2.32. The lowest BCUT2D eigenvalue weighted by molar-refractivity contribution is 0.151. The Hall–Kier alpha value is -0.960. The van der Waals surface area contributed by atoms with Crippen molar-refractivity contribution in [1.82, 2.24) is 18.8 Å². The van der Waals surface area contributed by atoms with Crippen LogP contribution in [0.5, 0.6) is 0 Å². The van der Waals surface area contributed by atoms with Crippen LogP contribution in [0.2, 0.25) is 0 Å². The van der Waals surface area contributed by atoms with Gasteiger partial charge in [0.15, 0.2) is 5.03 Å². The molecule has 0 aliphatic carbocycles. The van der Waals surface area contributed by atoms with E-state index in [1.165, 1.54) is 16.8 Å². The van der Waals surface area contributed by atoms with Crippen LogP contribution in [0.15, 0.2) is 17.6 Å². The minimum Gasteiger partial charge on any atom is -0.395 e. The molecule has 1 aromatic rings. The maximum Gasteiger partial charge on any atom is 0.262 e. The van der Waals surface area contributed by atoms with Crippen LogP contribution >= 0.6 is 0 Å². The van der Waals surface area contributed by atoms with Crippen molar-refractivity contribution in [2.75, 3.05) is 39.3 Å². The Kier molecular flexibility index (Phi) is 4.00. The zero-order valence-corrected chi connectivity index (χ0v) is 11.2. The number of hydrogen-bond donors (Lipinski definition) is 1. The highest BCUT2D eigenvalue weighted by atomic mass is 32.2. The number of rotatable bonds is 4. The molecule has 1 N–H and O–H groups in total. The van der Waals surface area contributed by atoms with Crippen LogP contribution in [-0.4, -0.2) is 71.6 Å². The van der Waals surface area contributed by atoms with Crippen LogP contribution < -0.4 is 0 Å². The summed E-state index contributed by atoms with van der Waals surface area (Å²) in [4.78, 5) is 5.94. The van der Waals surface area contributed by atoms with E-state index in [4.69, 9.17) is 5.11 Å². The molecule has 1 saturated heterocycles. The number of aromatic nitrogens is 2. The van der Waals surface area contributed by atoms with Crippen molar-refractivity contribution in [3.63, 3.8) is 0 Å². The van der Waals surface area contributed by atoms with Crippen molar-refractivity contribution >= 4 is 10.0 Å². The molecule has 2 heterocycles. The van der Waals surface area contributed by atoms with Gasteiger partial charge in [-0.2, -0.15) is 4.31 Å². The third-order valence-corrected chi connectivity index (χ3v) is 4.82. The van der Waals surface area contributed by atoms with Crippen LogP contribution in [0.1, 0.15) is 0 Å². The topological polar surface area (TPSA) is 78.7 Å². The van der Waals surface area contributed by atoms with Gasteiger partial charge >= 0.3 is 0 Å². The number of aliphatic hydroxyl groups excluding tert-OH is 1. The molecular formula is C10H18N4O3S. The first-order valence-electron chi connectivity index (χ1n) is 5.85. The normalized spacial score (nSPS) is 19.2. The van der Waals surface area contributed by atoms with Gasteiger partial charge in [-0.25, -0.2) is 13.4 Å². The molecule has 0 unspecified atom stereocenters. The van der Waals surface area contributed by atoms with E-state index in [9.17, 15) is 8.42 Å². The molecule has 8 heteroatoms. The summed E-state index contributed by atoms with van der Waals surface area (Å²) in [6.07, 6.45) is 2.99. The van der Waals surface area contributed by atoms with Crippen molar-refractivity contribution in [2.45, 2.75) is 5.03 Å². The maximum absolute atomic E-state index is 12.2. The average molecular weight is 274 g/mol. The van der Waals surface area contributed by atoms with Gasteiger partial charge in [0, 0.05) is 46.0 Å². The van der Waals surface area contributed by atoms with Crippen molar-refractivity contribution in [3.05, 3.63) is 12.5 Å². The van der Waals surface area contributed by atoms with E-state index in [0.29, 0.717) is 32.7 Å². The van der Waals surface area contributed by atoms with Crippen molar-refractivity contribution in [2.24, 2.45) is 7.05 Å². The molecule has 0 amide bonds. The fraction of sp³-hybridized carbons (Fsp3) is 0.700. The fourth-order valence-corrected chi connectivity index (χ4v) is 3.38. The zero-order valence-electron chi connectivity index (χ0n) is 10.4. The Morgan fingerprint density at radius 3 is 2.50 bits per heavy atom. The van der Waals surface area contributed by atoms with Crippen LogP contribution in [0, 0.1) is 0 Å². The third kappa shape index (κ3) is 2.72. The molecule has 7 nitrogen and oxygen atoms in total. The second-order valence-corrected chi connectivity index (χ2v) is 6.23. The lowest BCUT2D eigenvalue weighted by Crippen LogP contribution is -2.49. The minimum absolute atomic E-state index is 0.0978. The molecule has 0 aromatic carbocycles. The molecule has 1 aliphatic heterocycles. The molecule has 2 rings (SSSR count). The monoisotopic (exact) mass is 274 g/mol. The molecule has 1 aliphatic rings.